The Morgan fingerprint density at radius 1 is 1.00 bits per heavy atom. The summed E-state index contributed by atoms with van der Waals surface area (Å²) < 4.78 is 10.8. The molecule has 1 aromatic carbocycles. The number of thioether (sulfide) groups is 1. The van der Waals surface area contributed by atoms with Crippen LogP contribution < -0.4 is 5.32 Å². The average molecular weight is 382 g/mol. The number of carbonyl (C=O) groups is 2. The highest BCUT2D eigenvalue weighted by Gasteiger charge is 2.26. The molecule has 0 heterocycles. The number of rotatable bonds is 8. The molecule has 0 aromatic heterocycles. The first kappa shape index (κ1) is 22.5. The SMILES string of the molecule is CC(C)(C)OC(=O)CNC(CSCc1ccccc1)C(=O)OC(C)(C)C. The van der Waals surface area contributed by atoms with Gasteiger partial charge in [0.05, 0.1) is 6.54 Å². The lowest BCUT2D eigenvalue weighted by Crippen LogP contribution is -2.46. The Morgan fingerprint density at radius 2 is 1.58 bits per heavy atom. The molecule has 1 unspecified atom stereocenters. The van der Waals surface area contributed by atoms with Gasteiger partial charge in [0.1, 0.15) is 17.2 Å². The molecule has 0 fully saturated rings. The van der Waals surface area contributed by atoms with E-state index in [2.05, 4.69) is 5.32 Å². The molecule has 1 N–H and O–H groups in total. The van der Waals surface area contributed by atoms with Crippen LogP contribution in [0.2, 0.25) is 0 Å². The van der Waals surface area contributed by atoms with Gasteiger partial charge in [0.15, 0.2) is 0 Å². The molecule has 1 atom stereocenters. The van der Waals surface area contributed by atoms with Crippen molar-refractivity contribution in [2.45, 2.75) is 64.5 Å². The second kappa shape index (κ2) is 9.97. The first-order chi connectivity index (χ1) is 12.0. The van der Waals surface area contributed by atoms with Gasteiger partial charge < -0.3 is 9.47 Å². The number of hydrogen-bond acceptors (Lipinski definition) is 6. The van der Waals surface area contributed by atoms with Gasteiger partial charge in [0.2, 0.25) is 0 Å². The van der Waals surface area contributed by atoms with E-state index in [1.807, 2.05) is 71.9 Å². The summed E-state index contributed by atoms with van der Waals surface area (Å²) in [5.41, 5.74) is 0.0579. The van der Waals surface area contributed by atoms with Gasteiger partial charge in [0.25, 0.3) is 0 Å². The van der Waals surface area contributed by atoms with Crippen LogP contribution >= 0.6 is 11.8 Å². The zero-order chi connectivity index (χ0) is 19.8. The van der Waals surface area contributed by atoms with Crippen molar-refractivity contribution in [1.29, 1.82) is 0 Å². The second-order valence-corrected chi connectivity index (χ2v) is 9.08. The van der Waals surface area contributed by atoms with Crippen LogP contribution in [0.25, 0.3) is 0 Å². The van der Waals surface area contributed by atoms with Crippen LogP contribution in [-0.4, -0.2) is 41.5 Å². The van der Waals surface area contributed by atoms with Crippen LogP contribution in [0.15, 0.2) is 30.3 Å². The van der Waals surface area contributed by atoms with E-state index in [4.69, 9.17) is 9.47 Å². The van der Waals surface area contributed by atoms with Crippen molar-refractivity contribution in [2.24, 2.45) is 0 Å². The van der Waals surface area contributed by atoms with E-state index in [-0.39, 0.29) is 18.5 Å². The van der Waals surface area contributed by atoms with Crippen molar-refractivity contribution in [1.82, 2.24) is 5.32 Å². The van der Waals surface area contributed by atoms with Crippen molar-refractivity contribution < 1.29 is 19.1 Å². The molecular weight excluding hydrogens is 350 g/mol. The van der Waals surface area contributed by atoms with Gasteiger partial charge in [-0.15, -0.1) is 0 Å². The Morgan fingerprint density at radius 3 is 2.12 bits per heavy atom. The molecule has 0 amide bonds. The number of esters is 2. The molecule has 0 saturated carbocycles. The van der Waals surface area contributed by atoms with Crippen LogP contribution in [0.5, 0.6) is 0 Å². The predicted molar refractivity (Wildman–Crippen MR) is 106 cm³/mol. The average Bonchev–Trinajstić information content (AvgIpc) is 2.48. The summed E-state index contributed by atoms with van der Waals surface area (Å²) in [6.07, 6.45) is 0. The Hall–Kier alpha value is -1.53. The highest BCUT2D eigenvalue weighted by Crippen LogP contribution is 2.16. The maximum Gasteiger partial charge on any atom is 0.324 e. The smallest absolute Gasteiger partial charge is 0.324 e. The highest BCUT2D eigenvalue weighted by molar-refractivity contribution is 7.98. The minimum Gasteiger partial charge on any atom is -0.459 e. The second-order valence-electron chi connectivity index (χ2n) is 8.05. The van der Waals surface area contributed by atoms with E-state index in [1.54, 1.807) is 11.8 Å². The lowest BCUT2D eigenvalue weighted by Gasteiger charge is -2.25. The van der Waals surface area contributed by atoms with E-state index < -0.39 is 17.2 Å². The molecule has 0 radical (unpaired) electrons. The molecule has 0 aliphatic carbocycles. The number of hydrogen-bond donors (Lipinski definition) is 1. The summed E-state index contributed by atoms with van der Waals surface area (Å²) in [5.74, 6) is 0.543. The molecule has 0 aliphatic rings. The maximum atomic E-state index is 12.4. The van der Waals surface area contributed by atoms with Gasteiger partial charge in [-0.25, -0.2) is 0 Å². The molecule has 0 spiro atoms. The van der Waals surface area contributed by atoms with Crippen molar-refractivity contribution in [2.75, 3.05) is 12.3 Å². The first-order valence-corrected chi connectivity index (χ1v) is 9.91. The van der Waals surface area contributed by atoms with Gasteiger partial charge in [-0.05, 0) is 47.1 Å². The largest absolute Gasteiger partial charge is 0.459 e. The molecule has 146 valence electrons. The summed E-state index contributed by atoms with van der Waals surface area (Å²) in [5, 5.41) is 2.98. The van der Waals surface area contributed by atoms with E-state index >= 15 is 0 Å². The van der Waals surface area contributed by atoms with Gasteiger partial charge in [-0.3, -0.25) is 14.9 Å². The van der Waals surface area contributed by atoms with Crippen LogP contribution in [0.3, 0.4) is 0 Å². The third kappa shape index (κ3) is 10.5. The molecule has 1 rings (SSSR count). The fraction of sp³-hybridized carbons (Fsp3) is 0.600. The predicted octanol–water partition coefficient (Wildman–Crippen LogP) is 3.56. The quantitative estimate of drug-likeness (QED) is 0.695. The molecule has 0 bridgehead atoms. The molecule has 1 aromatic rings. The zero-order valence-electron chi connectivity index (χ0n) is 16.6. The number of benzene rings is 1. The van der Waals surface area contributed by atoms with E-state index in [1.165, 1.54) is 5.56 Å². The Bertz CT molecular complexity index is 576. The monoisotopic (exact) mass is 381 g/mol. The van der Waals surface area contributed by atoms with Crippen molar-refractivity contribution in [3.63, 3.8) is 0 Å². The van der Waals surface area contributed by atoms with Crippen molar-refractivity contribution >= 4 is 23.7 Å². The van der Waals surface area contributed by atoms with Gasteiger partial charge in [0, 0.05) is 11.5 Å². The maximum absolute atomic E-state index is 12.4. The number of ether oxygens (including phenoxy) is 2. The zero-order valence-corrected chi connectivity index (χ0v) is 17.4. The summed E-state index contributed by atoms with van der Waals surface area (Å²) in [7, 11) is 0. The lowest BCUT2D eigenvalue weighted by molar-refractivity contribution is -0.157. The molecule has 0 saturated heterocycles. The van der Waals surface area contributed by atoms with Crippen LogP contribution in [0, 0.1) is 0 Å². The third-order valence-corrected chi connectivity index (χ3v) is 4.11. The minimum absolute atomic E-state index is 0.0346. The van der Waals surface area contributed by atoms with Crippen LogP contribution in [0.1, 0.15) is 47.1 Å². The Kier molecular flexibility index (Phi) is 8.63. The van der Waals surface area contributed by atoms with E-state index in [0.29, 0.717) is 5.75 Å². The highest BCUT2D eigenvalue weighted by atomic mass is 32.2. The number of carbonyl (C=O) groups excluding carboxylic acids is 2. The topological polar surface area (TPSA) is 64.6 Å². The molecule has 0 aliphatic heterocycles. The van der Waals surface area contributed by atoms with E-state index in [0.717, 1.165) is 5.75 Å². The van der Waals surface area contributed by atoms with Crippen molar-refractivity contribution in [3.8, 4) is 0 Å². The summed E-state index contributed by atoms with van der Waals surface area (Å²) >= 11 is 1.62. The Labute approximate surface area is 161 Å². The molecule has 26 heavy (non-hydrogen) atoms. The van der Waals surface area contributed by atoms with Crippen LogP contribution in [0.4, 0.5) is 0 Å². The summed E-state index contributed by atoms with van der Waals surface area (Å²) in [6, 6.07) is 9.47. The number of nitrogens with one attached hydrogen (secondary N) is 1. The van der Waals surface area contributed by atoms with Gasteiger partial charge in [-0.1, -0.05) is 30.3 Å². The fourth-order valence-corrected chi connectivity index (χ4v) is 3.07. The third-order valence-electron chi connectivity index (χ3n) is 3.00. The normalized spacial score (nSPS) is 13.2. The standard InChI is InChI=1S/C20H31NO4S/c1-19(2,3)24-17(22)12-21-16(18(23)25-20(4,5)6)14-26-13-15-10-8-7-9-11-15/h7-11,16,21H,12-14H2,1-6H3. The van der Waals surface area contributed by atoms with Crippen LogP contribution in [-0.2, 0) is 24.8 Å². The lowest BCUT2D eigenvalue weighted by atomic mass is 10.2. The minimum atomic E-state index is -0.576. The molecule has 5 nitrogen and oxygen atoms in total. The Balaban J connectivity index is 2.60. The molecular formula is C20H31NO4S. The van der Waals surface area contributed by atoms with Gasteiger partial charge >= 0.3 is 11.9 Å². The van der Waals surface area contributed by atoms with Gasteiger partial charge in [-0.2, -0.15) is 11.8 Å². The first-order valence-electron chi connectivity index (χ1n) is 8.76. The summed E-state index contributed by atoms with van der Waals surface area (Å²) in [6.45, 7) is 10.9. The summed E-state index contributed by atoms with van der Waals surface area (Å²) in [4.78, 5) is 24.4. The van der Waals surface area contributed by atoms with Crippen molar-refractivity contribution in [3.05, 3.63) is 35.9 Å². The molecule has 6 heteroatoms. The van der Waals surface area contributed by atoms with E-state index in [9.17, 15) is 9.59 Å². The fourth-order valence-electron chi connectivity index (χ4n) is 2.04.